The third-order valence-corrected chi connectivity index (χ3v) is 2.34. The van der Waals surface area contributed by atoms with E-state index in [2.05, 4.69) is 0 Å². The van der Waals surface area contributed by atoms with E-state index in [1.807, 2.05) is 6.92 Å². The number of rotatable bonds is 1. The molecule has 0 atom stereocenters. The first-order valence-electron chi connectivity index (χ1n) is 1.62. The molecule has 0 fully saturated rings. The molecular weight excluding hydrogens is 253 g/mol. The zero-order valence-corrected chi connectivity index (χ0v) is 8.82. The van der Waals surface area contributed by atoms with Crippen LogP contribution >= 0.6 is 0 Å². The van der Waals surface area contributed by atoms with Crippen molar-refractivity contribution < 1.29 is 30.9 Å². The Hall–Kier alpha value is 0.605. The van der Waals surface area contributed by atoms with Crippen LogP contribution < -0.4 is 0 Å². The van der Waals surface area contributed by atoms with Crippen molar-refractivity contribution in [1.29, 1.82) is 0 Å². The fourth-order valence-electron chi connectivity index (χ4n) is 0. The van der Waals surface area contributed by atoms with E-state index in [9.17, 15) is 4.79 Å². The average Bonchev–Trinajstić information content (AvgIpc) is 1.38. The van der Waals surface area contributed by atoms with Crippen LogP contribution in [0.2, 0.25) is 0 Å². The molecule has 25 valence electrons. The van der Waals surface area contributed by atoms with Crippen LogP contribution in [0.1, 0.15) is 13.3 Å². The van der Waals surface area contributed by atoms with Crippen LogP contribution in [-0.4, -0.2) is 3.29 Å². The molecule has 0 rings (SSSR count). The fraction of sp³-hybridized carbons (Fsp3) is 0.667. The van der Waals surface area contributed by atoms with Gasteiger partial charge in [0.1, 0.15) is 0 Å². The van der Waals surface area contributed by atoms with Gasteiger partial charge in [-0.1, -0.05) is 0 Å². The molecular formula is C3H5HgO. The average molecular weight is 258 g/mol. The van der Waals surface area contributed by atoms with E-state index in [1.165, 1.54) is 0 Å². The van der Waals surface area contributed by atoms with Gasteiger partial charge in [0, 0.05) is 0 Å². The van der Waals surface area contributed by atoms with E-state index >= 15 is 0 Å². The van der Waals surface area contributed by atoms with Gasteiger partial charge in [-0.25, -0.2) is 0 Å². The molecule has 0 radical (unpaired) electrons. The van der Waals surface area contributed by atoms with Crippen LogP contribution in [0.5, 0.6) is 0 Å². The Labute approximate surface area is 47.7 Å². The van der Waals surface area contributed by atoms with Gasteiger partial charge in [-0.05, 0) is 0 Å². The van der Waals surface area contributed by atoms with Crippen LogP contribution in [0, 0.1) is 0 Å². The van der Waals surface area contributed by atoms with Crippen molar-refractivity contribution in [2.24, 2.45) is 0 Å². The van der Waals surface area contributed by atoms with Gasteiger partial charge in [0.15, 0.2) is 0 Å². The van der Waals surface area contributed by atoms with Crippen molar-refractivity contribution in [3.63, 3.8) is 0 Å². The van der Waals surface area contributed by atoms with Gasteiger partial charge in [-0.2, -0.15) is 0 Å². The second-order valence-corrected chi connectivity index (χ2v) is 3.96. The second-order valence-electron chi connectivity index (χ2n) is 0.892. The molecule has 0 saturated carbocycles. The first-order chi connectivity index (χ1) is 2.27. The summed E-state index contributed by atoms with van der Waals surface area (Å²) in [5, 5.41) is 0. The van der Waals surface area contributed by atoms with E-state index in [0.717, 1.165) is 6.42 Å². The predicted octanol–water partition coefficient (Wildman–Crippen LogP) is 0.470. The molecule has 0 aromatic carbocycles. The molecule has 0 amide bonds. The van der Waals surface area contributed by atoms with Crippen molar-refractivity contribution in [2.75, 3.05) is 0 Å². The van der Waals surface area contributed by atoms with Gasteiger partial charge < -0.3 is 0 Å². The minimum absolute atomic E-state index is 0.390. The number of hydrogen-bond acceptors (Lipinski definition) is 1. The van der Waals surface area contributed by atoms with Gasteiger partial charge in [-0.3, -0.25) is 0 Å². The first-order valence-corrected chi connectivity index (χ1v) is 4.37. The number of carbonyl (C=O) groups excluding carboxylic acids is 1. The molecule has 1 nitrogen and oxygen atoms in total. The Morgan fingerprint density at radius 3 is 2.20 bits per heavy atom. The van der Waals surface area contributed by atoms with E-state index in [0.29, 0.717) is 29.4 Å². The molecule has 0 aromatic rings. The Kier molecular flexibility index (Phi) is 3.16. The van der Waals surface area contributed by atoms with Gasteiger partial charge in [-0.15, -0.1) is 0 Å². The zero-order chi connectivity index (χ0) is 4.28. The molecule has 0 heterocycles. The van der Waals surface area contributed by atoms with Gasteiger partial charge in [0.05, 0.1) is 0 Å². The molecule has 0 spiro atoms. The summed E-state index contributed by atoms with van der Waals surface area (Å²) in [7, 11) is 0. The molecule has 0 N–H and O–H groups in total. The third-order valence-electron chi connectivity index (χ3n) is 0.394. The quantitative estimate of drug-likeness (QED) is 0.624. The summed E-state index contributed by atoms with van der Waals surface area (Å²) < 4.78 is 0.449. The Morgan fingerprint density at radius 2 is 2.20 bits per heavy atom. The molecule has 0 aliphatic carbocycles. The van der Waals surface area contributed by atoms with Gasteiger partial charge in [0.2, 0.25) is 0 Å². The molecule has 0 bridgehead atoms. The zero-order valence-electron chi connectivity index (χ0n) is 3.32. The van der Waals surface area contributed by atoms with Gasteiger partial charge in [0.25, 0.3) is 0 Å². The van der Waals surface area contributed by atoms with E-state index in [1.54, 1.807) is 0 Å². The predicted molar refractivity (Wildman–Crippen MR) is 15.3 cm³/mol. The van der Waals surface area contributed by atoms with Crippen molar-refractivity contribution in [1.82, 2.24) is 0 Å². The topological polar surface area (TPSA) is 17.1 Å². The molecule has 2 heteroatoms. The molecule has 0 aliphatic heterocycles. The maximum absolute atomic E-state index is 9.90. The van der Waals surface area contributed by atoms with Crippen molar-refractivity contribution >= 4 is 3.29 Å². The molecule has 5 heavy (non-hydrogen) atoms. The Morgan fingerprint density at radius 1 is 2.00 bits per heavy atom. The summed E-state index contributed by atoms with van der Waals surface area (Å²) in [6.45, 7) is 1.90. The van der Waals surface area contributed by atoms with E-state index < -0.39 is 0 Å². The first kappa shape index (κ1) is 5.61. The van der Waals surface area contributed by atoms with E-state index in [4.69, 9.17) is 0 Å². The summed E-state index contributed by atoms with van der Waals surface area (Å²) in [6, 6.07) is 0. The molecule has 0 unspecified atom stereocenters. The Bertz CT molecular complexity index is 42.2. The monoisotopic (exact) mass is 259 g/mol. The van der Waals surface area contributed by atoms with Crippen molar-refractivity contribution in [3.8, 4) is 0 Å². The minimum atomic E-state index is 0.390. The van der Waals surface area contributed by atoms with E-state index in [-0.39, 0.29) is 0 Å². The van der Waals surface area contributed by atoms with Crippen LogP contribution in [0.15, 0.2) is 0 Å². The summed E-state index contributed by atoms with van der Waals surface area (Å²) in [5.41, 5.74) is 0. The van der Waals surface area contributed by atoms with Crippen molar-refractivity contribution in [2.45, 2.75) is 13.3 Å². The summed E-state index contributed by atoms with van der Waals surface area (Å²) in [6.07, 6.45) is 0.753. The molecule has 0 aliphatic rings. The number of hydrogen-bond donors (Lipinski definition) is 0. The van der Waals surface area contributed by atoms with Crippen LogP contribution in [0.3, 0.4) is 0 Å². The standard InChI is InChI=1S/C3H5O.Hg/c1-2-3-4;/h2H2,1H3;. The molecule has 0 saturated heterocycles. The van der Waals surface area contributed by atoms with Crippen LogP contribution in [0.25, 0.3) is 0 Å². The van der Waals surface area contributed by atoms with Crippen LogP contribution in [0.4, 0.5) is 0 Å². The number of carbonyl (C=O) groups is 1. The van der Waals surface area contributed by atoms with Gasteiger partial charge >= 0.3 is 47.6 Å². The SMILES string of the molecule is CC[C](=O)[Hg]. The van der Waals surface area contributed by atoms with Crippen molar-refractivity contribution in [3.05, 3.63) is 0 Å². The summed E-state index contributed by atoms with van der Waals surface area (Å²) in [5.74, 6) is 0. The Balaban J connectivity index is 2.85. The molecule has 0 aromatic heterocycles. The van der Waals surface area contributed by atoms with Crippen LogP contribution in [-0.2, 0) is 30.9 Å². The second kappa shape index (κ2) is 2.82. The normalized spacial score (nSPS) is 7.80. The maximum atomic E-state index is 9.90. The third kappa shape index (κ3) is 4.61. The summed E-state index contributed by atoms with van der Waals surface area (Å²) in [4.78, 5) is 9.90. The fourth-order valence-corrected chi connectivity index (χ4v) is 0. The summed E-state index contributed by atoms with van der Waals surface area (Å²) >= 11 is 0.390.